The summed E-state index contributed by atoms with van der Waals surface area (Å²) in [5.41, 5.74) is 3.24. The van der Waals surface area contributed by atoms with Crippen molar-refractivity contribution < 1.29 is 14.3 Å². The van der Waals surface area contributed by atoms with Crippen LogP contribution in [0.15, 0.2) is 48.5 Å². The molecule has 0 saturated heterocycles. The molecule has 0 aliphatic carbocycles. The second kappa shape index (κ2) is 9.44. The molecule has 0 unspecified atom stereocenters. The number of nitrogens with one attached hydrogen (secondary N) is 3. The third kappa shape index (κ3) is 6.27. The standard InChI is InChI=1S/C19H23N3O3/c1-14-3-7-16(8-4-14)21-13-18(23)22-17-9-5-15(6-10-17)19(24)20-11-12-25-2/h3-10,21H,11-13H2,1-2H3,(H,20,24)(H,22,23). The maximum Gasteiger partial charge on any atom is 0.251 e. The van der Waals surface area contributed by atoms with Gasteiger partial charge < -0.3 is 20.7 Å². The summed E-state index contributed by atoms with van der Waals surface area (Å²) in [5, 5.41) is 8.59. The zero-order valence-corrected chi connectivity index (χ0v) is 14.5. The van der Waals surface area contributed by atoms with Crippen molar-refractivity contribution in [3.05, 3.63) is 59.7 Å². The minimum atomic E-state index is -0.170. The Morgan fingerprint density at radius 3 is 2.24 bits per heavy atom. The average Bonchev–Trinajstić information content (AvgIpc) is 2.62. The molecule has 0 aromatic heterocycles. The first-order valence-electron chi connectivity index (χ1n) is 8.06. The van der Waals surface area contributed by atoms with Crippen LogP contribution in [-0.4, -0.2) is 38.6 Å². The number of rotatable bonds is 8. The van der Waals surface area contributed by atoms with E-state index in [2.05, 4.69) is 16.0 Å². The Morgan fingerprint density at radius 1 is 0.960 bits per heavy atom. The molecule has 132 valence electrons. The average molecular weight is 341 g/mol. The van der Waals surface area contributed by atoms with Crippen molar-refractivity contribution in [1.29, 1.82) is 0 Å². The lowest BCUT2D eigenvalue weighted by Gasteiger charge is -2.09. The van der Waals surface area contributed by atoms with E-state index in [1.54, 1.807) is 31.4 Å². The number of carbonyl (C=O) groups excluding carboxylic acids is 2. The number of benzene rings is 2. The van der Waals surface area contributed by atoms with Crippen LogP contribution in [0.3, 0.4) is 0 Å². The van der Waals surface area contributed by atoms with E-state index in [0.717, 1.165) is 5.69 Å². The molecule has 0 radical (unpaired) electrons. The largest absolute Gasteiger partial charge is 0.383 e. The summed E-state index contributed by atoms with van der Waals surface area (Å²) in [6.45, 7) is 3.10. The fourth-order valence-electron chi connectivity index (χ4n) is 2.13. The van der Waals surface area contributed by atoms with Crippen molar-refractivity contribution in [3.63, 3.8) is 0 Å². The Balaban J connectivity index is 1.80. The third-order valence-electron chi connectivity index (χ3n) is 3.53. The van der Waals surface area contributed by atoms with Gasteiger partial charge in [-0.15, -0.1) is 0 Å². The lowest BCUT2D eigenvalue weighted by atomic mass is 10.2. The van der Waals surface area contributed by atoms with Gasteiger partial charge in [0.05, 0.1) is 13.2 Å². The first-order valence-corrected chi connectivity index (χ1v) is 8.06. The number of aryl methyl sites for hydroxylation is 1. The van der Waals surface area contributed by atoms with Crippen LogP contribution in [0.4, 0.5) is 11.4 Å². The first-order chi connectivity index (χ1) is 12.1. The molecule has 0 heterocycles. The van der Waals surface area contributed by atoms with Gasteiger partial charge >= 0.3 is 0 Å². The fourth-order valence-corrected chi connectivity index (χ4v) is 2.13. The van der Waals surface area contributed by atoms with Gasteiger partial charge in [-0.1, -0.05) is 17.7 Å². The zero-order chi connectivity index (χ0) is 18.1. The molecule has 0 aliphatic rings. The number of amides is 2. The minimum Gasteiger partial charge on any atom is -0.383 e. The Kier molecular flexibility index (Phi) is 6.98. The van der Waals surface area contributed by atoms with E-state index in [9.17, 15) is 9.59 Å². The topological polar surface area (TPSA) is 79.5 Å². The van der Waals surface area contributed by atoms with Gasteiger partial charge in [-0.2, -0.15) is 0 Å². The van der Waals surface area contributed by atoms with Crippen molar-refractivity contribution in [1.82, 2.24) is 5.32 Å². The summed E-state index contributed by atoms with van der Waals surface area (Å²) in [5.74, 6) is -0.325. The first kappa shape index (κ1) is 18.5. The SMILES string of the molecule is COCCNC(=O)c1ccc(NC(=O)CNc2ccc(C)cc2)cc1. The van der Waals surface area contributed by atoms with Crippen molar-refractivity contribution in [2.75, 3.05) is 37.4 Å². The molecule has 0 bridgehead atoms. The molecule has 2 aromatic rings. The second-order valence-corrected chi connectivity index (χ2v) is 5.59. The molecule has 0 aliphatic heterocycles. The Bertz CT molecular complexity index is 697. The second-order valence-electron chi connectivity index (χ2n) is 5.59. The van der Waals surface area contributed by atoms with Crippen molar-refractivity contribution >= 4 is 23.2 Å². The Labute approximate surface area is 147 Å². The molecule has 0 atom stereocenters. The van der Waals surface area contributed by atoms with Gasteiger partial charge in [0.25, 0.3) is 5.91 Å². The van der Waals surface area contributed by atoms with E-state index in [0.29, 0.717) is 24.4 Å². The number of hydrogen-bond acceptors (Lipinski definition) is 4. The lowest BCUT2D eigenvalue weighted by molar-refractivity contribution is -0.114. The van der Waals surface area contributed by atoms with Crippen LogP contribution >= 0.6 is 0 Å². The van der Waals surface area contributed by atoms with Gasteiger partial charge in [0.15, 0.2) is 0 Å². The Morgan fingerprint density at radius 2 is 1.60 bits per heavy atom. The van der Waals surface area contributed by atoms with Gasteiger partial charge in [0.1, 0.15) is 0 Å². The molecule has 0 fully saturated rings. The monoisotopic (exact) mass is 341 g/mol. The molecule has 0 saturated carbocycles. The summed E-state index contributed by atoms with van der Waals surface area (Å²) in [6, 6.07) is 14.6. The van der Waals surface area contributed by atoms with Crippen LogP contribution in [0.2, 0.25) is 0 Å². The zero-order valence-electron chi connectivity index (χ0n) is 14.5. The van der Waals surface area contributed by atoms with E-state index >= 15 is 0 Å². The van der Waals surface area contributed by atoms with Crippen LogP contribution in [0.1, 0.15) is 15.9 Å². The molecule has 2 amide bonds. The highest BCUT2D eigenvalue weighted by molar-refractivity contribution is 5.96. The smallest absolute Gasteiger partial charge is 0.251 e. The molecule has 2 rings (SSSR count). The number of ether oxygens (including phenoxy) is 1. The quantitative estimate of drug-likeness (QED) is 0.644. The van der Waals surface area contributed by atoms with E-state index in [1.807, 2.05) is 31.2 Å². The molecule has 25 heavy (non-hydrogen) atoms. The number of carbonyl (C=O) groups is 2. The van der Waals surface area contributed by atoms with Gasteiger partial charge in [0, 0.05) is 30.6 Å². The summed E-state index contributed by atoms with van der Waals surface area (Å²) >= 11 is 0. The highest BCUT2D eigenvalue weighted by Crippen LogP contribution is 2.11. The predicted molar refractivity (Wildman–Crippen MR) is 98.9 cm³/mol. The molecular weight excluding hydrogens is 318 g/mol. The molecule has 3 N–H and O–H groups in total. The molecule has 6 heteroatoms. The lowest BCUT2D eigenvalue weighted by Crippen LogP contribution is -2.27. The van der Waals surface area contributed by atoms with Crippen LogP contribution in [0, 0.1) is 6.92 Å². The predicted octanol–water partition coefficient (Wildman–Crippen LogP) is 2.42. The van der Waals surface area contributed by atoms with E-state index in [1.165, 1.54) is 5.56 Å². The molecular formula is C19H23N3O3. The minimum absolute atomic E-state index is 0.155. The number of anilines is 2. The number of methoxy groups -OCH3 is 1. The van der Waals surface area contributed by atoms with Crippen LogP contribution in [-0.2, 0) is 9.53 Å². The van der Waals surface area contributed by atoms with Crippen molar-refractivity contribution in [2.45, 2.75) is 6.92 Å². The summed E-state index contributed by atoms with van der Waals surface area (Å²) < 4.78 is 4.88. The van der Waals surface area contributed by atoms with Crippen LogP contribution in [0.25, 0.3) is 0 Å². The third-order valence-corrected chi connectivity index (χ3v) is 3.53. The van der Waals surface area contributed by atoms with Crippen molar-refractivity contribution in [3.8, 4) is 0 Å². The summed E-state index contributed by atoms with van der Waals surface area (Å²) in [6.07, 6.45) is 0. The van der Waals surface area contributed by atoms with E-state index < -0.39 is 0 Å². The van der Waals surface area contributed by atoms with E-state index in [-0.39, 0.29) is 18.4 Å². The van der Waals surface area contributed by atoms with E-state index in [4.69, 9.17) is 4.74 Å². The fraction of sp³-hybridized carbons (Fsp3) is 0.263. The van der Waals surface area contributed by atoms with Crippen molar-refractivity contribution in [2.24, 2.45) is 0 Å². The Hall–Kier alpha value is -2.86. The van der Waals surface area contributed by atoms with Crippen LogP contribution in [0.5, 0.6) is 0 Å². The van der Waals surface area contributed by atoms with Gasteiger partial charge in [-0.25, -0.2) is 0 Å². The maximum absolute atomic E-state index is 12.0. The highest BCUT2D eigenvalue weighted by atomic mass is 16.5. The highest BCUT2D eigenvalue weighted by Gasteiger charge is 2.06. The van der Waals surface area contributed by atoms with Gasteiger partial charge in [0.2, 0.25) is 5.91 Å². The van der Waals surface area contributed by atoms with Gasteiger partial charge in [-0.3, -0.25) is 9.59 Å². The molecule has 2 aromatic carbocycles. The molecule has 0 spiro atoms. The molecule has 6 nitrogen and oxygen atoms in total. The summed E-state index contributed by atoms with van der Waals surface area (Å²) in [4.78, 5) is 23.9. The normalized spacial score (nSPS) is 10.2. The maximum atomic E-state index is 12.0. The number of hydrogen-bond donors (Lipinski definition) is 3. The van der Waals surface area contributed by atoms with Crippen LogP contribution < -0.4 is 16.0 Å². The van der Waals surface area contributed by atoms with Gasteiger partial charge in [-0.05, 0) is 43.3 Å². The summed E-state index contributed by atoms with van der Waals surface area (Å²) in [7, 11) is 1.58.